The highest BCUT2D eigenvalue weighted by molar-refractivity contribution is 5.63. The van der Waals surface area contributed by atoms with Gasteiger partial charge in [0, 0.05) is 23.1 Å². The molecule has 0 amide bonds. The average Bonchev–Trinajstić information content (AvgIpc) is 2.90. The van der Waals surface area contributed by atoms with Crippen LogP contribution in [0.2, 0.25) is 0 Å². The second kappa shape index (κ2) is 4.92. The lowest BCUT2D eigenvalue weighted by Crippen LogP contribution is -2.05. The van der Waals surface area contributed by atoms with Gasteiger partial charge in [0.1, 0.15) is 0 Å². The molecule has 20 heavy (non-hydrogen) atoms. The number of fused-ring (bicyclic) bond motifs is 1. The van der Waals surface area contributed by atoms with Crippen molar-refractivity contribution in [2.75, 3.05) is 5.73 Å². The Balaban J connectivity index is 2.17. The van der Waals surface area contributed by atoms with Crippen LogP contribution in [0.5, 0.6) is 0 Å². The summed E-state index contributed by atoms with van der Waals surface area (Å²) in [5.74, 6) is 0.644. The van der Waals surface area contributed by atoms with E-state index in [-0.39, 0.29) is 0 Å². The maximum Gasteiger partial charge on any atom is 0.254 e. The zero-order chi connectivity index (χ0) is 14.1. The van der Waals surface area contributed by atoms with E-state index in [0.717, 1.165) is 35.5 Å². The largest absolute Gasteiger partial charge is 0.399 e. The lowest BCUT2D eigenvalue weighted by atomic mass is 10.1. The van der Waals surface area contributed by atoms with Crippen LogP contribution in [0.25, 0.3) is 17.0 Å². The Morgan fingerprint density at radius 2 is 1.80 bits per heavy atom. The maximum atomic E-state index is 5.72. The molecular weight excluding hydrogens is 250 g/mol. The van der Waals surface area contributed by atoms with Crippen molar-refractivity contribution in [3.8, 4) is 11.3 Å². The fourth-order valence-electron chi connectivity index (χ4n) is 2.38. The Morgan fingerprint density at radius 1 is 1.05 bits per heavy atom. The molecule has 0 fully saturated rings. The summed E-state index contributed by atoms with van der Waals surface area (Å²) in [4.78, 5) is 4.55. The van der Waals surface area contributed by atoms with Gasteiger partial charge in [0.15, 0.2) is 0 Å². The van der Waals surface area contributed by atoms with E-state index in [9.17, 15) is 0 Å². The molecule has 3 rings (SSSR count). The lowest BCUT2D eigenvalue weighted by molar-refractivity contribution is 0.812. The minimum Gasteiger partial charge on any atom is -0.399 e. The molecule has 5 heteroatoms. The van der Waals surface area contributed by atoms with Crippen LogP contribution < -0.4 is 5.73 Å². The summed E-state index contributed by atoms with van der Waals surface area (Å²) >= 11 is 0. The van der Waals surface area contributed by atoms with Crippen LogP contribution >= 0.6 is 0 Å². The number of benzene rings is 1. The van der Waals surface area contributed by atoms with Crippen molar-refractivity contribution in [3.63, 3.8) is 0 Å². The third kappa shape index (κ3) is 2.01. The molecule has 1 aromatic carbocycles. The lowest BCUT2D eigenvalue weighted by Gasteiger charge is -2.05. The molecule has 0 bridgehead atoms. The maximum absolute atomic E-state index is 5.72. The third-order valence-corrected chi connectivity index (χ3v) is 3.45. The van der Waals surface area contributed by atoms with Gasteiger partial charge in [-0.1, -0.05) is 26.0 Å². The topological polar surface area (TPSA) is 69.1 Å². The molecular formula is C15H17N5. The predicted octanol–water partition coefficient (Wildman–Crippen LogP) is 2.50. The van der Waals surface area contributed by atoms with Crippen LogP contribution in [0.4, 0.5) is 5.69 Å². The van der Waals surface area contributed by atoms with E-state index in [1.54, 1.807) is 0 Å². The summed E-state index contributed by atoms with van der Waals surface area (Å²) in [6.07, 6.45) is 3.81. The monoisotopic (exact) mass is 267 g/mol. The third-order valence-electron chi connectivity index (χ3n) is 3.45. The minimum absolute atomic E-state index is 0.644. The normalized spacial score (nSPS) is 11.1. The molecule has 5 nitrogen and oxygen atoms in total. The standard InChI is InChI=1S/C15H17N5/c1-3-12-14(4-2)20-9-13(17-15(20)19-18-12)10-5-7-11(16)8-6-10/h5-9H,3-4,16H2,1-2H3. The van der Waals surface area contributed by atoms with Gasteiger partial charge in [0.05, 0.1) is 11.4 Å². The second-order valence-corrected chi connectivity index (χ2v) is 4.72. The highest BCUT2D eigenvalue weighted by atomic mass is 15.2. The van der Waals surface area contributed by atoms with Gasteiger partial charge in [-0.05, 0) is 25.0 Å². The van der Waals surface area contributed by atoms with Crippen LogP contribution in [0.3, 0.4) is 0 Å². The number of rotatable bonds is 3. The van der Waals surface area contributed by atoms with Crippen molar-refractivity contribution in [3.05, 3.63) is 41.9 Å². The summed E-state index contributed by atoms with van der Waals surface area (Å²) in [6.45, 7) is 4.21. The van der Waals surface area contributed by atoms with Gasteiger partial charge in [-0.2, -0.15) is 5.10 Å². The molecule has 3 aromatic rings. The van der Waals surface area contributed by atoms with Crippen molar-refractivity contribution >= 4 is 11.5 Å². The highest BCUT2D eigenvalue weighted by Crippen LogP contribution is 2.21. The van der Waals surface area contributed by atoms with Crippen molar-refractivity contribution < 1.29 is 0 Å². The van der Waals surface area contributed by atoms with Gasteiger partial charge in [0.25, 0.3) is 5.78 Å². The first-order valence-electron chi connectivity index (χ1n) is 6.82. The van der Waals surface area contributed by atoms with E-state index in [1.807, 2.05) is 34.9 Å². The zero-order valence-corrected chi connectivity index (χ0v) is 11.7. The van der Waals surface area contributed by atoms with E-state index in [1.165, 1.54) is 5.69 Å². The van der Waals surface area contributed by atoms with Gasteiger partial charge in [-0.15, -0.1) is 5.10 Å². The number of hydrogen-bond acceptors (Lipinski definition) is 4. The van der Waals surface area contributed by atoms with Gasteiger partial charge in [-0.25, -0.2) is 4.98 Å². The molecule has 0 atom stereocenters. The summed E-state index contributed by atoms with van der Waals surface area (Å²) in [5.41, 5.74) is 10.6. The van der Waals surface area contributed by atoms with Gasteiger partial charge in [0.2, 0.25) is 0 Å². The van der Waals surface area contributed by atoms with Crippen LogP contribution in [0, 0.1) is 0 Å². The number of hydrogen-bond donors (Lipinski definition) is 1. The Kier molecular flexibility index (Phi) is 3.10. The van der Waals surface area contributed by atoms with Crippen molar-refractivity contribution in [1.82, 2.24) is 19.6 Å². The first-order chi connectivity index (χ1) is 9.72. The molecule has 0 spiro atoms. The van der Waals surface area contributed by atoms with Gasteiger partial charge < -0.3 is 5.73 Å². The van der Waals surface area contributed by atoms with Crippen molar-refractivity contribution in [2.24, 2.45) is 0 Å². The molecule has 0 radical (unpaired) electrons. The highest BCUT2D eigenvalue weighted by Gasteiger charge is 2.11. The van der Waals surface area contributed by atoms with Crippen molar-refractivity contribution in [1.29, 1.82) is 0 Å². The Hall–Kier alpha value is -2.43. The number of imidazole rings is 1. The van der Waals surface area contributed by atoms with Crippen molar-refractivity contribution in [2.45, 2.75) is 26.7 Å². The molecule has 0 saturated heterocycles. The molecule has 0 unspecified atom stereocenters. The van der Waals surface area contributed by atoms with Gasteiger partial charge >= 0.3 is 0 Å². The van der Waals surface area contributed by atoms with E-state index in [0.29, 0.717) is 5.78 Å². The Bertz CT molecular complexity index is 743. The molecule has 0 aliphatic carbocycles. The summed E-state index contributed by atoms with van der Waals surface area (Å²) < 4.78 is 2.04. The molecule has 0 saturated carbocycles. The SMILES string of the molecule is CCc1nnc2nc(-c3ccc(N)cc3)cn2c1CC. The molecule has 2 heterocycles. The van der Waals surface area contributed by atoms with E-state index < -0.39 is 0 Å². The summed E-state index contributed by atoms with van der Waals surface area (Å²) in [7, 11) is 0. The first-order valence-corrected chi connectivity index (χ1v) is 6.82. The number of nitrogens with zero attached hydrogens (tertiary/aromatic N) is 4. The summed E-state index contributed by atoms with van der Waals surface area (Å²) in [6, 6.07) is 7.69. The summed E-state index contributed by atoms with van der Waals surface area (Å²) in [5, 5.41) is 8.47. The fourth-order valence-corrected chi connectivity index (χ4v) is 2.38. The van der Waals surface area contributed by atoms with E-state index in [4.69, 9.17) is 5.73 Å². The minimum atomic E-state index is 0.644. The molecule has 102 valence electrons. The number of anilines is 1. The number of aryl methyl sites for hydroxylation is 2. The van der Waals surface area contributed by atoms with Gasteiger partial charge in [-0.3, -0.25) is 4.40 Å². The number of aromatic nitrogens is 4. The Morgan fingerprint density at radius 3 is 2.45 bits per heavy atom. The molecule has 0 aliphatic heterocycles. The quantitative estimate of drug-likeness (QED) is 0.740. The molecule has 2 N–H and O–H groups in total. The van der Waals surface area contributed by atoms with E-state index in [2.05, 4.69) is 29.0 Å². The molecule has 0 aliphatic rings. The van der Waals surface area contributed by atoms with Crippen LogP contribution in [-0.2, 0) is 12.8 Å². The van der Waals surface area contributed by atoms with Crippen LogP contribution in [0.15, 0.2) is 30.5 Å². The predicted molar refractivity (Wildman–Crippen MR) is 79.4 cm³/mol. The van der Waals surface area contributed by atoms with E-state index >= 15 is 0 Å². The smallest absolute Gasteiger partial charge is 0.254 e. The molecule has 2 aromatic heterocycles. The van der Waals surface area contributed by atoms with Crippen LogP contribution in [-0.4, -0.2) is 19.6 Å². The average molecular weight is 267 g/mol. The number of nitrogens with two attached hydrogens (primary N) is 1. The zero-order valence-electron chi connectivity index (χ0n) is 11.7. The van der Waals surface area contributed by atoms with Crippen LogP contribution in [0.1, 0.15) is 25.2 Å². The Labute approximate surface area is 117 Å². The fraction of sp³-hybridized carbons (Fsp3) is 0.267. The first kappa shape index (κ1) is 12.6. The number of nitrogen functional groups attached to an aromatic ring is 1. The second-order valence-electron chi connectivity index (χ2n) is 4.72.